The first-order valence-corrected chi connectivity index (χ1v) is 6.13. The van der Waals surface area contributed by atoms with Crippen molar-refractivity contribution >= 4 is 5.91 Å². The monoisotopic (exact) mass is 227 g/mol. The van der Waals surface area contributed by atoms with Gasteiger partial charge in [0.05, 0.1) is 6.04 Å². The van der Waals surface area contributed by atoms with Crippen LogP contribution in [0.15, 0.2) is 0 Å². The summed E-state index contributed by atoms with van der Waals surface area (Å²) in [5.41, 5.74) is 0. The molecule has 0 aromatic heterocycles. The lowest BCUT2D eigenvalue weighted by molar-refractivity contribution is -0.130. The van der Waals surface area contributed by atoms with Crippen LogP contribution in [0.3, 0.4) is 0 Å². The second-order valence-electron chi connectivity index (χ2n) is 5.26. The van der Waals surface area contributed by atoms with E-state index in [-0.39, 0.29) is 11.9 Å². The smallest absolute Gasteiger partial charge is 0.239 e. The fourth-order valence-corrected chi connectivity index (χ4v) is 1.96. The van der Waals surface area contributed by atoms with Gasteiger partial charge in [0.15, 0.2) is 0 Å². The molecule has 0 saturated carbocycles. The highest BCUT2D eigenvalue weighted by molar-refractivity contribution is 5.84. The Hall–Kier alpha value is -0.610. The molecule has 0 aliphatic carbocycles. The molecule has 0 bridgehead atoms. The molecule has 1 N–H and O–H groups in total. The number of amides is 1. The quantitative estimate of drug-likeness (QED) is 0.744. The molecule has 16 heavy (non-hydrogen) atoms. The molecule has 4 heteroatoms. The van der Waals surface area contributed by atoms with Gasteiger partial charge in [-0.15, -0.1) is 0 Å². The van der Waals surface area contributed by atoms with Crippen LogP contribution in [0, 0.1) is 0 Å². The number of carbonyl (C=O) groups excluding carboxylic acids is 1. The van der Waals surface area contributed by atoms with E-state index in [0.29, 0.717) is 12.1 Å². The van der Waals surface area contributed by atoms with Gasteiger partial charge in [-0.1, -0.05) is 13.8 Å². The van der Waals surface area contributed by atoms with Crippen LogP contribution in [0.1, 0.15) is 27.2 Å². The van der Waals surface area contributed by atoms with Crippen molar-refractivity contribution in [2.24, 2.45) is 0 Å². The van der Waals surface area contributed by atoms with Crippen LogP contribution in [0.2, 0.25) is 0 Å². The minimum atomic E-state index is 0.0364. The molecule has 1 rings (SSSR count). The van der Waals surface area contributed by atoms with Crippen LogP contribution in [0.25, 0.3) is 0 Å². The number of nitrogens with zero attached hydrogens (tertiary/aromatic N) is 2. The third-order valence-electron chi connectivity index (χ3n) is 3.20. The van der Waals surface area contributed by atoms with E-state index >= 15 is 0 Å². The molecule has 2 atom stereocenters. The van der Waals surface area contributed by atoms with E-state index in [9.17, 15) is 4.79 Å². The molecule has 4 nitrogen and oxygen atoms in total. The van der Waals surface area contributed by atoms with Crippen LogP contribution in [0.5, 0.6) is 0 Å². The number of likely N-dealkylation sites (N-methyl/N-ethyl adjacent to an activating group) is 1. The topological polar surface area (TPSA) is 35.6 Å². The van der Waals surface area contributed by atoms with Gasteiger partial charge in [-0.25, -0.2) is 0 Å². The second kappa shape index (κ2) is 5.64. The average Bonchev–Trinajstić information content (AvgIpc) is 2.49. The number of hydrogen-bond donors (Lipinski definition) is 1. The number of rotatable bonds is 5. The maximum Gasteiger partial charge on any atom is 0.239 e. The summed E-state index contributed by atoms with van der Waals surface area (Å²) in [5.74, 6) is 0.266. The fourth-order valence-electron chi connectivity index (χ4n) is 1.96. The van der Waals surface area contributed by atoms with Crippen LogP contribution < -0.4 is 5.32 Å². The van der Waals surface area contributed by atoms with Gasteiger partial charge in [0, 0.05) is 25.2 Å². The Labute approximate surface area is 99.0 Å². The largest absolute Gasteiger partial charge is 0.340 e. The summed E-state index contributed by atoms with van der Waals surface area (Å²) >= 11 is 0. The van der Waals surface area contributed by atoms with E-state index in [1.54, 1.807) is 0 Å². The predicted molar refractivity (Wildman–Crippen MR) is 66.4 cm³/mol. The summed E-state index contributed by atoms with van der Waals surface area (Å²) in [6, 6.07) is 0.830. The van der Waals surface area contributed by atoms with E-state index in [4.69, 9.17) is 0 Å². The van der Waals surface area contributed by atoms with Gasteiger partial charge in [-0.05, 0) is 27.4 Å². The zero-order valence-electron chi connectivity index (χ0n) is 11.2. The van der Waals surface area contributed by atoms with Crippen LogP contribution in [0.4, 0.5) is 0 Å². The highest BCUT2D eigenvalue weighted by Crippen LogP contribution is 2.13. The molecule has 0 aromatic rings. The molecule has 1 amide bonds. The minimum Gasteiger partial charge on any atom is -0.340 e. The SMILES string of the molecule is CC(C)NC1CCN(CC(C)N(C)C)C1=O. The summed E-state index contributed by atoms with van der Waals surface area (Å²) in [5, 5.41) is 3.32. The third kappa shape index (κ3) is 3.46. The molecule has 0 radical (unpaired) electrons. The Morgan fingerprint density at radius 1 is 1.44 bits per heavy atom. The number of hydrogen-bond acceptors (Lipinski definition) is 3. The molecule has 0 spiro atoms. The fraction of sp³-hybridized carbons (Fsp3) is 0.917. The van der Waals surface area contributed by atoms with Crippen molar-refractivity contribution in [1.82, 2.24) is 15.1 Å². The van der Waals surface area contributed by atoms with Gasteiger partial charge >= 0.3 is 0 Å². The van der Waals surface area contributed by atoms with Gasteiger partial charge in [-0.3, -0.25) is 4.79 Å². The summed E-state index contributed by atoms with van der Waals surface area (Å²) in [4.78, 5) is 16.2. The van der Waals surface area contributed by atoms with E-state index in [1.807, 2.05) is 4.90 Å². The van der Waals surface area contributed by atoms with Crippen LogP contribution in [-0.2, 0) is 4.79 Å². The van der Waals surface area contributed by atoms with E-state index in [1.165, 1.54) is 0 Å². The second-order valence-corrected chi connectivity index (χ2v) is 5.26. The van der Waals surface area contributed by atoms with Crippen molar-refractivity contribution in [1.29, 1.82) is 0 Å². The molecule has 1 aliphatic rings. The summed E-state index contributed by atoms with van der Waals surface area (Å²) in [6.07, 6.45) is 0.942. The Kier molecular flexibility index (Phi) is 4.74. The Balaban J connectivity index is 2.45. The minimum absolute atomic E-state index is 0.0364. The lowest BCUT2D eigenvalue weighted by Gasteiger charge is -2.26. The highest BCUT2D eigenvalue weighted by atomic mass is 16.2. The summed E-state index contributed by atoms with van der Waals surface area (Å²) in [6.45, 7) is 8.04. The normalized spacial score (nSPS) is 23.6. The lowest BCUT2D eigenvalue weighted by atomic mass is 10.2. The first kappa shape index (κ1) is 13.5. The molecular formula is C12H25N3O. The number of likely N-dealkylation sites (tertiary alicyclic amines) is 1. The highest BCUT2D eigenvalue weighted by Gasteiger charge is 2.32. The molecule has 1 saturated heterocycles. The molecule has 94 valence electrons. The Morgan fingerprint density at radius 2 is 2.06 bits per heavy atom. The standard InChI is InChI=1S/C12H25N3O/c1-9(2)13-11-6-7-15(12(11)16)8-10(3)14(4)5/h9-11,13H,6-8H2,1-5H3. The summed E-state index contributed by atoms with van der Waals surface area (Å²) in [7, 11) is 4.10. The van der Waals surface area contributed by atoms with Gasteiger partial charge in [0.1, 0.15) is 0 Å². The van der Waals surface area contributed by atoms with Crippen molar-refractivity contribution in [3.05, 3.63) is 0 Å². The Bertz CT molecular complexity index is 240. The summed E-state index contributed by atoms with van der Waals surface area (Å²) < 4.78 is 0. The van der Waals surface area contributed by atoms with E-state index < -0.39 is 0 Å². The Morgan fingerprint density at radius 3 is 2.56 bits per heavy atom. The maximum atomic E-state index is 12.0. The van der Waals surface area contributed by atoms with E-state index in [0.717, 1.165) is 19.5 Å². The van der Waals surface area contributed by atoms with E-state index in [2.05, 4.69) is 45.1 Å². The van der Waals surface area contributed by atoms with Crippen molar-refractivity contribution < 1.29 is 4.79 Å². The molecule has 1 heterocycles. The maximum absolute atomic E-state index is 12.0. The first-order valence-electron chi connectivity index (χ1n) is 6.13. The number of carbonyl (C=O) groups is 1. The van der Waals surface area contributed by atoms with Gasteiger partial charge in [0.25, 0.3) is 0 Å². The van der Waals surface area contributed by atoms with Gasteiger partial charge < -0.3 is 15.1 Å². The van der Waals surface area contributed by atoms with Crippen molar-refractivity contribution in [2.75, 3.05) is 27.2 Å². The van der Waals surface area contributed by atoms with Crippen LogP contribution in [-0.4, -0.2) is 61.0 Å². The number of nitrogens with one attached hydrogen (secondary N) is 1. The lowest BCUT2D eigenvalue weighted by Crippen LogP contribution is -2.44. The van der Waals surface area contributed by atoms with Crippen molar-refractivity contribution in [3.63, 3.8) is 0 Å². The van der Waals surface area contributed by atoms with Gasteiger partial charge in [0.2, 0.25) is 5.91 Å². The average molecular weight is 227 g/mol. The predicted octanol–water partition coefficient (Wildman–Crippen LogP) is 0.535. The van der Waals surface area contributed by atoms with Crippen LogP contribution >= 0.6 is 0 Å². The molecule has 2 unspecified atom stereocenters. The molecular weight excluding hydrogens is 202 g/mol. The van der Waals surface area contributed by atoms with Crippen molar-refractivity contribution in [2.45, 2.75) is 45.3 Å². The molecule has 0 aromatic carbocycles. The zero-order valence-corrected chi connectivity index (χ0v) is 11.2. The van der Waals surface area contributed by atoms with Crippen molar-refractivity contribution in [3.8, 4) is 0 Å². The molecule has 1 fully saturated rings. The molecule has 1 aliphatic heterocycles. The van der Waals surface area contributed by atoms with Gasteiger partial charge in [-0.2, -0.15) is 0 Å². The first-order chi connectivity index (χ1) is 7.41. The third-order valence-corrected chi connectivity index (χ3v) is 3.20. The zero-order chi connectivity index (χ0) is 12.3.